The van der Waals surface area contributed by atoms with E-state index in [-0.39, 0.29) is 5.92 Å². The molecule has 1 N–H and O–H groups in total. The van der Waals surface area contributed by atoms with Crippen molar-refractivity contribution in [3.63, 3.8) is 0 Å². The molecule has 0 bridgehead atoms. The van der Waals surface area contributed by atoms with Crippen molar-refractivity contribution in [3.8, 4) is 22.3 Å². The number of carbonyl (C=O) groups is 2. The van der Waals surface area contributed by atoms with Gasteiger partial charge in [0.1, 0.15) is 16.2 Å². The van der Waals surface area contributed by atoms with Gasteiger partial charge in [-0.25, -0.2) is 4.79 Å². The molecule has 0 fully saturated rings. The molecular weight excluding hydrogens is 388 g/mol. The Morgan fingerprint density at radius 2 is 2.00 bits per heavy atom. The van der Waals surface area contributed by atoms with Crippen LogP contribution in [0.4, 0.5) is 0 Å². The molecule has 1 aromatic carbocycles. The third-order valence-electron chi connectivity index (χ3n) is 5.35. The first kappa shape index (κ1) is 20.9. The smallest absolute Gasteiger partial charge is 0.348 e. The van der Waals surface area contributed by atoms with Gasteiger partial charge in [-0.3, -0.25) is 4.79 Å². The number of rotatable bonds is 6. The van der Waals surface area contributed by atoms with E-state index in [0.29, 0.717) is 4.88 Å². The lowest BCUT2D eigenvalue weighted by Gasteiger charge is -2.27. The number of thiophene rings is 1. The van der Waals surface area contributed by atoms with Crippen LogP contribution in [-0.4, -0.2) is 31.1 Å². The number of fused-ring (bicyclic) bond motifs is 3. The first-order chi connectivity index (χ1) is 13.8. The second-order valence-electron chi connectivity index (χ2n) is 7.58. The first-order valence-electron chi connectivity index (χ1n) is 9.46. The molecule has 1 amide bonds. The summed E-state index contributed by atoms with van der Waals surface area (Å²) in [5.41, 5.74) is 2.41. The molecule has 2 aromatic rings. The van der Waals surface area contributed by atoms with E-state index in [0.717, 1.165) is 34.6 Å². The van der Waals surface area contributed by atoms with E-state index in [1.807, 2.05) is 38.1 Å². The Balaban J connectivity index is 1.69. The number of nitriles is 1. The Bertz CT molecular complexity index is 989. The van der Waals surface area contributed by atoms with Crippen molar-refractivity contribution >= 4 is 23.2 Å². The molecule has 1 aromatic heterocycles. The number of carbonyl (C=O) groups excluding carboxylic acids is 2. The molecule has 152 valence electrons. The van der Waals surface area contributed by atoms with Crippen molar-refractivity contribution in [1.29, 1.82) is 5.26 Å². The van der Waals surface area contributed by atoms with Crippen molar-refractivity contribution in [3.05, 3.63) is 40.3 Å². The highest BCUT2D eigenvalue weighted by molar-refractivity contribution is 7.17. The Kier molecular flexibility index (Phi) is 5.94. The molecule has 1 atom stereocenters. The number of nitrogens with one attached hydrogen (secondary N) is 1. The van der Waals surface area contributed by atoms with Crippen LogP contribution in [0.25, 0.3) is 10.4 Å². The summed E-state index contributed by atoms with van der Waals surface area (Å²) in [6.07, 6.45) is 1.73. The lowest BCUT2D eigenvalue weighted by atomic mass is 9.90. The number of hydrogen-bond acceptors (Lipinski definition) is 6. The van der Waals surface area contributed by atoms with Gasteiger partial charge < -0.3 is 14.8 Å². The van der Waals surface area contributed by atoms with Crippen molar-refractivity contribution in [1.82, 2.24) is 5.32 Å². The largest absolute Gasteiger partial charge is 0.497 e. The average molecular weight is 413 g/mol. The quantitative estimate of drug-likeness (QED) is 0.730. The van der Waals surface area contributed by atoms with Crippen LogP contribution in [0, 0.1) is 17.2 Å². The normalized spacial score (nSPS) is 14.2. The van der Waals surface area contributed by atoms with Gasteiger partial charge in [0.25, 0.3) is 5.91 Å². The minimum Gasteiger partial charge on any atom is -0.497 e. The fourth-order valence-corrected chi connectivity index (χ4v) is 4.33. The fourth-order valence-electron chi connectivity index (χ4n) is 3.17. The monoisotopic (exact) mass is 412 g/mol. The van der Waals surface area contributed by atoms with Gasteiger partial charge in [0.05, 0.1) is 13.2 Å². The van der Waals surface area contributed by atoms with Gasteiger partial charge in [0.2, 0.25) is 0 Å². The maximum Gasteiger partial charge on any atom is 0.348 e. The molecule has 0 unspecified atom stereocenters. The molecule has 3 rings (SSSR count). The molecular formula is C22H24N2O4S. The maximum atomic E-state index is 12.5. The highest BCUT2D eigenvalue weighted by Crippen LogP contribution is 2.41. The molecule has 1 aliphatic rings. The number of aryl methyl sites for hydroxylation is 2. The predicted octanol–water partition coefficient (Wildman–Crippen LogP) is 3.73. The Morgan fingerprint density at radius 3 is 2.66 bits per heavy atom. The third-order valence-corrected chi connectivity index (χ3v) is 6.54. The zero-order valence-electron chi connectivity index (χ0n) is 17.0. The molecule has 29 heavy (non-hydrogen) atoms. The van der Waals surface area contributed by atoms with Crippen molar-refractivity contribution in [2.45, 2.75) is 39.2 Å². The minimum atomic E-state index is -1.00. The summed E-state index contributed by atoms with van der Waals surface area (Å²) in [4.78, 5) is 26.1. The van der Waals surface area contributed by atoms with Gasteiger partial charge >= 0.3 is 5.97 Å². The third kappa shape index (κ3) is 4.28. The van der Waals surface area contributed by atoms with Crippen LogP contribution >= 0.6 is 11.3 Å². The standard InChI is InChI=1S/C22H24N2O4S/c1-13(2)22(3,12-23)24-19(25)11-28-21(26)18-10-15-6-5-14-9-16(27-4)7-8-17(14)20(15)29-18/h7-10,13H,5-6,11H2,1-4H3,(H,24,25)/t22-/m0/s1. The summed E-state index contributed by atoms with van der Waals surface area (Å²) < 4.78 is 10.5. The number of nitrogens with zero attached hydrogens (tertiary/aromatic N) is 1. The van der Waals surface area contributed by atoms with Gasteiger partial charge in [-0.05, 0) is 66.6 Å². The van der Waals surface area contributed by atoms with Crippen LogP contribution < -0.4 is 10.1 Å². The van der Waals surface area contributed by atoms with Gasteiger partial charge in [-0.2, -0.15) is 5.26 Å². The molecule has 1 heterocycles. The van der Waals surface area contributed by atoms with Crippen LogP contribution in [0.2, 0.25) is 0 Å². The molecule has 1 aliphatic carbocycles. The molecule has 0 saturated carbocycles. The average Bonchev–Trinajstić information content (AvgIpc) is 3.16. The van der Waals surface area contributed by atoms with Crippen LogP contribution in [0.1, 0.15) is 41.6 Å². The molecule has 0 aliphatic heterocycles. The summed E-state index contributed by atoms with van der Waals surface area (Å²) in [5.74, 6) is -0.275. The summed E-state index contributed by atoms with van der Waals surface area (Å²) in [7, 11) is 1.64. The number of ether oxygens (including phenoxy) is 2. The zero-order valence-corrected chi connectivity index (χ0v) is 17.8. The Hall–Kier alpha value is -2.85. The highest BCUT2D eigenvalue weighted by atomic mass is 32.1. The second-order valence-corrected chi connectivity index (χ2v) is 8.63. The fraction of sp³-hybridized carbons (Fsp3) is 0.409. The van der Waals surface area contributed by atoms with Crippen molar-refractivity contribution in [2.24, 2.45) is 5.92 Å². The van der Waals surface area contributed by atoms with Crippen LogP contribution in [0.5, 0.6) is 5.75 Å². The summed E-state index contributed by atoms with van der Waals surface area (Å²) in [5, 5.41) is 11.9. The molecule has 7 heteroatoms. The van der Waals surface area contributed by atoms with E-state index in [1.54, 1.807) is 14.0 Å². The number of hydrogen-bond donors (Lipinski definition) is 1. The SMILES string of the molecule is COc1ccc2c(c1)CCc1cc(C(=O)OCC(=O)N[C@@](C)(C#N)C(C)C)sc1-2. The molecule has 0 spiro atoms. The van der Waals surface area contributed by atoms with E-state index in [1.165, 1.54) is 16.9 Å². The number of amides is 1. The van der Waals surface area contributed by atoms with Crippen LogP contribution in [-0.2, 0) is 22.4 Å². The van der Waals surface area contributed by atoms with Gasteiger partial charge in [-0.1, -0.05) is 13.8 Å². The van der Waals surface area contributed by atoms with Gasteiger partial charge in [0, 0.05) is 4.88 Å². The zero-order chi connectivity index (χ0) is 21.2. The molecule has 0 saturated heterocycles. The second kappa shape index (κ2) is 8.26. The molecule has 0 radical (unpaired) electrons. The first-order valence-corrected chi connectivity index (χ1v) is 10.3. The van der Waals surface area contributed by atoms with Crippen molar-refractivity contribution < 1.29 is 19.1 Å². The lowest BCUT2D eigenvalue weighted by molar-refractivity contribution is -0.125. The minimum absolute atomic E-state index is 0.0742. The Labute approximate surface area is 174 Å². The predicted molar refractivity (Wildman–Crippen MR) is 111 cm³/mol. The topological polar surface area (TPSA) is 88.4 Å². The number of esters is 1. The van der Waals surface area contributed by atoms with Gasteiger partial charge in [0.15, 0.2) is 6.61 Å². The summed E-state index contributed by atoms with van der Waals surface area (Å²) >= 11 is 1.37. The van der Waals surface area contributed by atoms with Crippen molar-refractivity contribution in [2.75, 3.05) is 13.7 Å². The summed E-state index contributed by atoms with van der Waals surface area (Å²) in [6.45, 7) is 4.93. The van der Waals surface area contributed by atoms with E-state index < -0.39 is 24.0 Å². The van der Waals surface area contributed by atoms with Gasteiger partial charge in [-0.15, -0.1) is 11.3 Å². The van der Waals surface area contributed by atoms with E-state index in [4.69, 9.17) is 9.47 Å². The Morgan fingerprint density at radius 1 is 1.28 bits per heavy atom. The number of benzene rings is 1. The highest BCUT2D eigenvalue weighted by Gasteiger charge is 2.30. The molecule has 6 nitrogen and oxygen atoms in total. The lowest BCUT2D eigenvalue weighted by Crippen LogP contribution is -2.50. The van der Waals surface area contributed by atoms with E-state index in [9.17, 15) is 14.9 Å². The van der Waals surface area contributed by atoms with Crippen LogP contribution in [0.3, 0.4) is 0 Å². The van der Waals surface area contributed by atoms with Crippen LogP contribution in [0.15, 0.2) is 24.3 Å². The van der Waals surface area contributed by atoms with E-state index in [2.05, 4.69) is 11.4 Å². The summed E-state index contributed by atoms with van der Waals surface area (Å²) in [6, 6.07) is 9.90. The number of methoxy groups -OCH3 is 1. The van der Waals surface area contributed by atoms with E-state index >= 15 is 0 Å². The maximum absolute atomic E-state index is 12.5.